The fraction of sp³-hybridized carbons (Fsp3) is 0.417. The Kier molecular flexibility index (Phi) is 7.98. The van der Waals surface area contributed by atoms with E-state index in [0.717, 1.165) is 30.8 Å². The fourth-order valence-electron chi connectivity index (χ4n) is 3.95. The van der Waals surface area contributed by atoms with Crippen molar-refractivity contribution in [2.24, 2.45) is 0 Å². The fourth-order valence-corrected chi connectivity index (χ4v) is 3.95. The van der Waals surface area contributed by atoms with E-state index in [1.165, 1.54) is 24.4 Å². The van der Waals surface area contributed by atoms with Crippen LogP contribution in [0.15, 0.2) is 48.5 Å². The van der Waals surface area contributed by atoms with Gasteiger partial charge in [0.25, 0.3) is 11.8 Å². The van der Waals surface area contributed by atoms with Crippen molar-refractivity contribution in [3.8, 4) is 11.1 Å². The lowest BCUT2D eigenvalue weighted by molar-refractivity contribution is -0.133. The largest absolute Gasteiger partial charge is 0.391 e. The van der Waals surface area contributed by atoms with Crippen LogP contribution < -0.4 is 10.8 Å². The number of rotatable bonds is 8. The van der Waals surface area contributed by atoms with E-state index >= 15 is 0 Å². The molecule has 4 N–H and O–H groups in total. The molecule has 8 nitrogen and oxygen atoms in total. The minimum absolute atomic E-state index is 0.353. The number of nitrogens with one attached hydrogen (secondary N) is 2. The summed E-state index contributed by atoms with van der Waals surface area (Å²) < 4.78 is 0. The van der Waals surface area contributed by atoms with Gasteiger partial charge in [-0.1, -0.05) is 36.4 Å². The number of amides is 2. The third-order valence-corrected chi connectivity index (χ3v) is 5.98. The number of hydrogen-bond acceptors (Lipinski definition) is 6. The van der Waals surface area contributed by atoms with Crippen LogP contribution in [0.4, 0.5) is 0 Å². The molecule has 0 bridgehead atoms. The van der Waals surface area contributed by atoms with E-state index in [0.29, 0.717) is 11.6 Å². The van der Waals surface area contributed by atoms with E-state index in [4.69, 9.17) is 5.21 Å². The molecule has 8 heteroatoms. The molecule has 2 amide bonds. The summed E-state index contributed by atoms with van der Waals surface area (Å²) >= 11 is 0. The Morgan fingerprint density at radius 3 is 2.19 bits per heavy atom. The Morgan fingerprint density at radius 1 is 1.09 bits per heavy atom. The number of carbonyl (C=O) groups excluding carboxylic acids is 2. The van der Waals surface area contributed by atoms with Gasteiger partial charge in [0, 0.05) is 31.2 Å². The van der Waals surface area contributed by atoms with Gasteiger partial charge in [-0.15, -0.1) is 0 Å². The molecule has 3 rings (SSSR count). The maximum atomic E-state index is 12.4. The lowest BCUT2D eigenvalue weighted by atomic mass is 10.0. The number of benzene rings is 2. The minimum Gasteiger partial charge on any atom is -0.391 e. The molecule has 2 aromatic carbocycles. The van der Waals surface area contributed by atoms with Crippen LogP contribution >= 0.6 is 0 Å². The molecule has 172 valence electrons. The van der Waals surface area contributed by atoms with Gasteiger partial charge in [0.2, 0.25) is 0 Å². The van der Waals surface area contributed by atoms with Crippen molar-refractivity contribution in [3.63, 3.8) is 0 Å². The van der Waals surface area contributed by atoms with Crippen molar-refractivity contribution in [1.29, 1.82) is 0 Å². The predicted molar refractivity (Wildman–Crippen MR) is 122 cm³/mol. The molecule has 0 aromatic heterocycles. The summed E-state index contributed by atoms with van der Waals surface area (Å²) in [7, 11) is 4.27. The van der Waals surface area contributed by atoms with Crippen LogP contribution in [-0.4, -0.2) is 77.3 Å². The van der Waals surface area contributed by atoms with E-state index in [2.05, 4.69) is 53.5 Å². The van der Waals surface area contributed by atoms with Crippen molar-refractivity contribution < 1.29 is 19.9 Å². The van der Waals surface area contributed by atoms with Gasteiger partial charge < -0.3 is 15.3 Å². The standard InChI is InChI=1S/C24H32N4O4/c1-16(29)22(24(31)26-32)25-23(30)20-10-8-19(9-11-20)18-6-4-17(5-7-18)14-28-13-12-21(15-28)27(2)3/h4-11,16,21-22,29,32H,12-15H2,1-3H3,(H,25,30)(H,26,31)/t16-,21-,22+/m1/s1. The van der Waals surface area contributed by atoms with Crippen LogP contribution in [0.3, 0.4) is 0 Å². The zero-order valence-corrected chi connectivity index (χ0v) is 18.8. The second kappa shape index (κ2) is 10.7. The van der Waals surface area contributed by atoms with Gasteiger partial charge in [-0.2, -0.15) is 0 Å². The monoisotopic (exact) mass is 440 g/mol. The molecule has 1 aliphatic rings. The molecule has 1 aliphatic heterocycles. The summed E-state index contributed by atoms with van der Waals surface area (Å²) in [4.78, 5) is 28.8. The van der Waals surface area contributed by atoms with Crippen molar-refractivity contribution in [3.05, 3.63) is 59.7 Å². The van der Waals surface area contributed by atoms with E-state index in [1.807, 2.05) is 12.1 Å². The molecule has 32 heavy (non-hydrogen) atoms. The number of likely N-dealkylation sites (N-methyl/N-ethyl adjacent to an activating group) is 1. The summed E-state index contributed by atoms with van der Waals surface area (Å²) in [5.41, 5.74) is 5.10. The Labute approximate surface area is 188 Å². The average molecular weight is 441 g/mol. The van der Waals surface area contributed by atoms with Crippen LogP contribution in [0, 0.1) is 0 Å². The third-order valence-electron chi connectivity index (χ3n) is 5.98. The second-order valence-electron chi connectivity index (χ2n) is 8.58. The van der Waals surface area contributed by atoms with Crippen LogP contribution in [0.2, 0.25) is 0 Å². The zero-order valence-electron chi connectivity index (χ0n) is 18.8. The molecular formula is C24H32N4O4. The number of aliphatic hydroxyl groups is 1. The maximum absolute atomic E-state index is 12.4. The SMILES string of the molecule is C[C@@H](O)[C@H](NC(=O)c1ccc(-c2ccc(CN3CC[C@@H](N(C)C)C3)cc2)cc1)C(=O)NO. The van der Waals surface area contributed by atoms with Crippen LogP contribution in [-0.2, 0) is 11.3 Å². The number of hydrogen-bond donors (Lipinski definition) is 4. The molecule has 1 saturated heterocycles. The molecule has 2 aromatic rings. The van der Waals surface area contributed by atoms with Crippen LogP contribution in [0.5, 0.6) is 0 Å². The lowest BCUT2D eigenvalue weighted by Gasteiger charge is -2.20. The third kappa shape index (κ3) is 5.92. The first-order valence-electron chi connectivity index (χ1n) is 10.8. The van der Waals surface area contributed by atoms with Crippen molar-refractivity contribution in [2.75, 3.05) is 27.2 Å². The highest BCUT2D eigenvalue weighted by atomic mass is 16.5. The van der Waals surface area contributed by atoms with Gasteiger partial charge in [-0.05, 0) is 56.3 Å². The van der Waals surface area contributed by atoms with Gasteiger partial charge in [-0.25, -0.2) is 5.48 Å². The summed E-state index contributed by atoms with van der Waals surface area (Å²) in [5.74, 6) is -1.39. The quantitative estimate of drug-likeness (QED) is 0.366. The first-order chi connectivity index (χ1) is 15.3. The van der Waals surface area contributed by atoms with E-state index in [-0.39, 0.29) is 0 Å². The topological polar surface area (TPSA) is 105 Å². The number of likely N-dealkylation sites (tertiary alicyclic amines) is 1. The minimum atomic E-state index is -1.25. The summed E-state index contributed by atoms with van der Waals surface area (Å²) in [6, 6.07) is 14.8. The molecule has 1 fully saturated rings. The molecule has 3 atom stereocenters. The van der Waals surface area contributed by atoms with Gasteiger partial charge >= 0.3 is 0 Å². The normalized spacial score (nSPS) is 18.4. The molecule has 0 spiro atoms. The van der Waals surface area contributed by atoms with Crippen LogP contribution in [0.25, 0.3) is 11.1 Å². The Hall–Kier alpha value is -2.78. The summed E-state index contributed by atoms with van der Waals surface area (Å²) in [5, 5.41) is 20.9. The maximum Gasteiger partial charge on any atom is 0.268 e. The number of nitrogens with zero attached hydrogens (tertiary/aromatic N) is 2. The first-order valence-corrected chi connectivity index (χ1v) is 10.8. The Balaban J connectivity index is 1.61. The summed E-state index contributed by atoms with van der Waals surface area (Å²) in [6.07, 6.45) is 0.0476. The number of hydroxylamine groups is 1. The second-order valence-corrected chi connectivity index (χ2v) is 8.58. The van der Waals surface area contributed by atoms with Gasteiger partial charge in [0.05, 0.1) is 6.10 Å². The number of carbonyl (C=O) groups is 2. The zero-order chi connectivity index (χ0) is 23.3. The molecule has 1 heterocycles. The summed E-state index contributed by atoms with van der Waals surface area (Å²) in [6.45, 7) is 4.50. The first kappa shape index (κ1) is 23.9. The van der Waals surface area contributed by atoms with Crippen molar-refractivity contribution in [1.82, 2.24) is 20.6 Å². The predicted octanol–water partition coefficient (Wildman–Crippen LogP) is 1.47. The van der Waals surface area contributed by atoms with Crippen molar-refractivity contribution in [2.45, 2.75) is 38.1 Å². The van der Waals surface area contributed by atoms with Gasteiger partial charge in [-0.3, -0.25) is 19.7 Å². The van der Waals surface area contributed by atoms with Crippen LogP contribution in [0.1, 0.15) is 29.3 Å². The number of aliphatic hydroxyl groups excluding tert-OH is 1. The highest BCUT2D eigenvalue weighted by molar-refractivity contribution is 5.97. The van der Waals surface area contributed by atoms with Crippen molar-refractivity contribution >= 4 is 11.8 Å². The molecule has 0 radical (unpaired) electrons. The average Bonchev–Trinajstić information content (AvgIpc) is 3.26. The lowest BCUT2D eigenvalue weighted by Crippen LogP contribution is -2.51. The van der Waals surface area contributed by atoms with Gasteiger partial charge in [0.15, 0.2) is 0 Å². The Bertz CT molecular complexity index is 913. The molecule has 0 saturated carbocycles. The smallest absolute Gasteiger partial charge is 0.268 e. The van der Waals surface area contributed by atoms with E-state index in [9.17, 15) is 14.7 Å². The van der Waals surface area contributed by atoms with E-state index in [1.54, 1.807) is 12.1 Å². The van der Waals surface area contributed by atoms with Gasteiger partial charge in [0.1, 0.15) is 6.04 Å². The molecule has 0 unspecified atom stereocenters. The molecule has 0 aliphatic carbocycles. The van der Waals surface area contributed by atoms with E-state index < -0.39 is 24.0 Å². The highest BCUT2D eigenvalue weighted by Gasteiger charge is 2.26. The Morgan fingerprint density at radius 2 is 1.69 bits per heavy atom. The molecular weight excluding hydrogens is 408 g/mol. The highest BCUT2D eigenvalue weighted by Crippen LogP contribution is 2.22.